The lowest BCUT2D eigenvalue weighted by atomic mass is 9.94. The third-order valence-electron chi connectivity index (χ3n) is 3.99. The summed E-state index contributed by atoms with van der Waals surface area (Å²) in [6.45, 7) is 8.87. The van der Waals surface area contributed by atoms with E-state index in [0.717, 1.165) is 5.69 Å². The van der Waals surface area contributed by atoms with E-state index in [9.17, 15) is 0 Å². The summed E-state index contributed by atoms with van der Waals surface area (Å²) < 4.78 is 2.02. The molecule has 3 rings (SSSR count). The quantitative estimate of drug-likeness (QED) is 0.598. The first kappa shape index (κ1) is 15.8. The lowest BCUT2D eigenvalue weighted by Gasteiger charge is -2.13. The number of nitrogens with zero attached hydrogens (tertiary/aromatic N) is 2. The lowest BCUT2D eigenvalue weighted by molar-refractivity contribution is 0.859. The van der Waals surface area contributed by atoms with Gasteiger partial charge >= 0.3 is 0 Å². The summed E-state index contributed by atoms with van der Waals surface area (Å²) >= 11 is 1.87. The van der Waals surface area contributed by atoms with Crippen molar-refractivity contribution in [2.75, 3.05) is 0 Å². The molecule has 118 valence electrons. The third kappa shape index (κ3) is 3.45. The Labute approximate surface area is 142 Å². The van der Waals surface area contributed by atoms with Crippen LogP contribution in [0.15, 0.2) is 49.1 Å². The molecule has 0 bridgehead atoms. The fraction of sp³-hybridized carbons (Fsp3) is 0.250. The minimum absolute atomic E-state index is 0.482. The third-order valence-corrected chi connectivity index (χ3v) is 5.09. The van der Waals surface area contributed by atoms with Gasteiger partial charge in [-0.1, -0.05) is 26.0 Å². The fourth-order valence-corrected chi connectivity index (χ4v) is 3.75. The first-order chi connectivity index (χ1) is 11.0. The molecule has 2 aromatic heterocycles. The Kier molecular flexibility index (Phi) is 4.49. The van der Waals surface area contributed by atoms with Crippen LogP contribution in [0.1, 0.15) is 34.7 Å². The van der Waals surface area contributed by atoms with Crippen molar-refractivity contribution in [1.29, 1.82) is 0 Å². The number of allylic oxidation sites excluding steroid dienone is 1. The van der Waals surface area contributed by atoms with E-state index in [1.165, 1.54) is 26.5 Å². The van der Waals surface area contributed by atoms with Gasteiger partial charge in [0.05, 0.1) is 6.33 Å². The maximum Gasteiger partial charge on any atom is 0.0991 e. The van der Waals surface area contributed by atoms with Gasteiger partial charge in [0.1, 0.15) is 0 Å². The molecule has 0 amide bonds. The van der Waals surface area contributed by atoms with Gasteiger partial charge in [0, 0.05) is 27.8 Å². The molecule has 23 heavy (non-hydrogen) atoms. The zero-order valence-corrected chi connectivity index (χ0v) is 14.9. The number of aromatic nitrogens is 2. The molecule has 0 radical (unpaired) electrons. The van der Waals surface area contributed by atoms with Crippen molar-refractivity contribution >= 4 is 23.0 Å². The van der Waals surface area contributed by atoms with E-state index >= 15 is 0 Å². The summed E-state index contributed by atoms with van der Waals surface area (Å²) in [6, 6.07) is 11.0. The average Bonchev–Trinajstić information content (AvgIpc) is 3.15. The molecule has 0 atom stereocenters. The van der Waals surface area contributed by atoms with Gasteiger partial charge in [-0.25, -0.2) is 4.98 Å². The number of rotatable bonds is 4. The minimum Gasteiger partial charge on any atom is -0.306 e. The van der Waals surface area contributed by atoms with Gasteiger partial charge in [0.25, 0.3) is 0 Å². The highest BCUT2D eigenvalue weighted by Crippen LogP contribution is 2.31. The van der Waals surface area contributed by atoms with Crippen LogP contribution in [-0.2, 0) is 0 Å². The Morgan fingerprint density at radius 2 is 1.91 bits per heavy atom. The van der Waals surface area contributed by atoms with E-state index in [1.807, 2.05) is 28.4 Å². The van der Waals surface area contributed by atoms with Crippen LogP contribution in [0.2, 0.25) is 0 Å². The van der Waals surface area contributed by atoms with Crippen LogP contribution >= 0.6 is 11.3 Å². The average molecular weight is 322 g/mol. The predicted octanol–water partition coefficient (Wildman–Crippen LogP) is 5.75. The van der Waals surface area contributed by atoms with Crippen LogP contribution in [0.3, 0.4) is 0 Å². The Morgan fingerprint density at radius 1 is 1.17 bits per heavy atom. The van der Waals surface area contributed by atoms with Crippen LogP contribution in [0, 0.1) is 19.8 Å². The van der Waals surface area contributed by atoms with E-state index < -0.39 is 0 Å². The molecule has 0 aliphatic heterocycles. The number of imidazole rings is 1. The second-order valence-electron chi connectivity index (χ2n) is 6.18. The summed E-state index contributed by atoms with van der Waals surface area (Å²) in [5, 5.41) is 0. The smallest absolute Gasteiger partial charge is 0.0991 e. The Balaban J connectivity index is 1.97. The summed E-state index contributed by atoms with van der Waals surface area (Å²) in [5.74, 6) is 0.482. The van der Waals surface area contributed by atoms with Gasteiger partial charge in [0.2, 0.25) is 0 Å². The molecule has 2 heterocycles. The van der Waals surface area contributed by atoms with Crippen molar-refractivity contribution in [1.82, 2.24) is 9.55 Å². The molecule has 0 spiro atoms. The molecular weight excluding hydrogens is 300 g/mol. The molecule has 0 aliphatic carbocycles. The highest BCUT2D eigenvalue weighted by molar-refractivity contribution is 7.13. The fourth-order valence-electron chi connectivity index (χ4n) is 2.77. The summed E-state index contributed by atoms with van der Waals surface area (Å²) in [4.78, 5) is 6.84. The van der Waals surface area contributed by atoms with E-state index in [-0.39, 0.29) is 0 Å². The van der Waals surface area contributed by atoms with Gasteiger partial charge in [-0.2, -0.15) is 0 Å². The van der Waals surface area contributed by atoms with Crippen molar-refractivity contribution in [2.24, 2.45) is 5.92 Å². The van der Waals surface area contributed by atoms with Gasteiger partial charge in [0.15, 0.2) is 0 Å². The summed E-state index contributed by atoms with van der Waals surface area (Å²) in [6.07, 6.45) is 7.94. The lowest BCUT2D eigenvalue weighted by Crippen LogP contribution is -1.95. The molecule has 0 fully saturated rings. The largest absolute Gasteiger partial charge is 0.306 e. The molecule has 2 nitrogen and oxygen atoms in total. The highest BCUT2D eigenvalue weighted by Gasteiger charge is 2.09. The van der Waals surface area contributed by atoms with Crippen LogP contribution in [0.25, 0.3) is 17.3 Å². The second kappa shape index (κ2) is 6.55. The number of hydrogen-bond donors (Lipinski definition) is 0. The van der Waals surface area contributed by atoms with Gasteiger partial charge < -0.3 is 4.57 Å². The van der Waals surface area contributed by atoms with Gasteiger partial charge in [-0.3, -0.25) is 0 Å². The second-order valence-corrected chi connectivity index (χ2v) is 7.46. The SMILES string of the molecule is Cc1cc(C)c(/C=C(/c2ccc(-n3ccnc3)cc2)C(C)C)s1. The molecule has 3 aromatic rings. The monoisotopic (exact) mass is 322 g/mol. The van der Waals surface area contributed by atoms with E-state index in [1.54, 1.807) is 6.20 Å². The van der Waals surface area contributed by atoms with Crippen LogP contribution < -0.4 is 0 Å². The zero-order chi connectivity index (χ0) is 16.4. The Bertz CT molecular complexity index is 806. The van der Waals surface area contributed by atoms with Crippen LogP contribution in [0.4, 0.5) is 0 Å². The number of aryl methyl sites for hydroxylation is 2. The van der Waals surface area contributed by atoms with E-state index in [4.69, 9.17) is 0 Å². The summed E-state index contributed by atoms with van der Waals surface area (Å²) in [5.41, 5.74) is 5.17. The van der Waals surface area contributed by atoms with Crippen LogP contribution in [-0.4, -0.2) is 9.55 Å². The molecule has 3 heteroatoms. The normalized spacial score (nSPS) is 12.1. The first-order valence-corrected chi connectivity index (χ1v) is 8.73. The van der Waals surface area contributed by atoms with Gasteiger partial charge in [-0.15, -0.1) is 11.3 Å². The molecule has 0 saturated heterocycles. The van der Waals surface area contributed by atoms with Crippen LogP contribution in [0.5, 0.6) is 0 Å². The highest BCUT2D eigenvalue weighted by atomic mass is 32.1. The minimum atomic E-state index is 0.482. The number of hydrogen-bond acceptors (Lipinski definition) is 2. The number of benzene rings is 1. The molecule has 1 aromatic carbocycles. The topological polar surface area (TPSA) is 17.8 Å². The predicted molar refractivity (Wildman–Crippen MR) is 100 cm³/mol. The maximum absolute atomic E-state index is 4.11. The maximum atomic E-state index is 4.11. The molecule has 0 unspecified atom stereocenters. The molecule has 0 saturated carbocycles. The van der Waals surface area contributed by atoms with Crippen molar-refractivity contribution in [3.63, 3.8) is 0 Å². The molecule has 0 aliphatic rings. The standard InChI is InChI=1S/C20H22N2S/c1-14(2)19(12-20-15(3)11-16(4)23-20)17-5-7-18(8-6-17)22-10-9-21-13-22/h5-14H,1-4H3/b19-12+. The van der Waals surface area contributed by atoms with Crippen molar-refractivity contribution in [2.45, 2.75) is 27.7 Å². The Hall–Kier alpha value is -2.13. The van der Waals surface area contributed by atoms with E-state index in [0.29, 0.717) is 5.92 Å². The first-order valence-electron chi connectivity index (χ1n) is 7.92. The zero-order valence-electron chi connectivity index (χ0n) is 14.1. The Morgan fingerprint density at radius 3 is 2.43 bits per heavy atom. The van der Waals surface area contributed by atoms with Gasteiger partial charge in [-0.05, 0) is 60.7 Å². The van der Waals surface area contributed by atoms with E-state index in [2.05, 4.69) is 69.1 Å². The molecular formula is C20H22N2S. The van der Waals surface area contributed by atoms with Crippen molar-refractivity contribution in [3.05, 3.63) is 69.9 Å². The van der Waals surface area contributed by atoms with Crippen molar-refractivity contribution in [3.8, 4) is 5.69 Å². The summed E-state index contributed by atoms with van der Waals surface area (Å²) in [7, 11) is 0. The number of thiophene rings is 1. The van der Waals surface area contributed by atoms with Crippen molar-refractivity contribution < 1.29 is 0 Å². The molecule has 0 N–H and O–H groups in total.